The van der Waals surface area contributed by atoms with Gasteiger partial charge in [0.15, 0.2) is 0 Å². The fraction of sp³-hybridized carbons (Fsp3) is 0.417. The highest BCUT2D eigenvalue weighted by Gasteiger charge is 2.29. The first-order valence-corrected chi connectivity index (χ1v) is 5.37. The molecule has 1 heterocycles. The zero-order valence-corrected chi connectivity index (χ0v) is 9.16. The number of hydrogen-bond acceptors (Lipinski definition) is 2. The van der Waals surface area contributed by atoms with Gasteiger partial charge in [0.25, 0.3) is 0 Å². The van der Waals surface area contributed by atoms with Crippen molar-refractivity contribution in [2.75, 3.05) is 5.01 Å². The Morgan fingerprint density at radius 3 is 2.80 bits per heavy atom. The van der Waals surface area contributed by atoms with Gasteiger partial charge in [-0.25, -0.2) is 10.4 Å². The predicted octanol–water partition coefficient (Wildman–Crippen LogP) is 2.01. The quantitative estimate of drug-likeness (QED) is 0.799. The molecule has 0 bridgehead atoms. The summed E-state index contributed by atoms with van der Waals surface area (Å²) in [6.45, 7) is 4.11. The summed E-state index contributed by atoms with van der Waals surface area (Å²) in [5.74, 6) is 0.163. The van der Waals surface area contributed by atoms with Crippen molar-refractivity contribution >= 4 is 11.6 Å². The van der Waals surface area contributed by atoms with Crippen LogP contribution in [-0.4, -0.2) is 11.9 Å². The van der Waals surface area contributed by atoms with Gasteiger partial charge in [-0.3, -0.25) is 4.79 Å². The largest absolute Gasteiger partial charge is 0.273 e. The van der Waals surface area contributed by atoms with E-state index in [9.17, 15) is 4.79 Å². The normalized spacial score (nSPS) is 21.1. The molecule has 1 aromatic rings. The fourth-order valence-electron chi connectivity index (χ4n) is 1.86. The second-order valence-corrected chi connectivity index (χ2v) is 3.95. The van der Waals surface area contributed by atoms with Gasteiger partial charge in [-0.15, -0.1) is 0 Å². The first kappa shape index (κ1) is 10.2. The van der Waals surface area contributed by atoms with E-state index < -0.39 is 0 Å². The smallest absolute Gasteiger partial charge is 0.243 e. The highest BCUT2D eigenvalue weighted by molar-refractivity contribution is 5.95. The molecule has 1 atom stereocenters. The average Bonchev–Trinajstić information content (AvgIpc) is 2.60. The van der Waals surface area contributed by atoms with Gasteiger partial charge < -0.3 is 0 Å². The van der Waals surface area contributed by atoms with E-state index in [1.807, 2.05) is 31.2 Å². The molecule has 1 aromatic carbocycles. The van der Waals surface area contributed by atoms with Gasteiger partial charge in [-0.05, 0) is 25.0 Å². The van der Waals surface area contributed by atoms with Gasteiger partial charge in [0.05, 0.1) is 5.69 Å². The number of para-hydroxylation sites is 1. The molecular weight excluding hydrogens is 188 g/mol. The first-order chi connectivity index (χ1) is 7.22. The van der Waals surface area contributed by atoms with Gasteiger partial charge >= 0.3 is 0 Å². The Bertz CT molecular complexity index is 376. The molecule has 0 radical (unpaired) electrons. The molecule has 0 spiro atoms. The zero-order chi connectivity index (χ0) is 10.8. The number of nitrogens with one attached hydrogen (secondary N) is 1. The number of hydrazine groups is 1. The summed E-state index contributed by atoms with van der Waals surface area (Å²) in [7, 11) is 0. The third-order valence-electron chi connectivity index (χ3n) is 2.83. The zero-order valence-electron chi connectivity index (χ0n) is 9.16. The van der Waals surface area contributed by atoms with Crippen molar-refractivity contribution in [1.82, 2.24) is 5.43 Å². The van der Waals surface area contributed by atoms with Crippen LogP contribution in [0.4, 0.5) is 5.69 Å². The Labute approximate surface area is 90.1 Å². The minimum atomic E-state index is 0.163. The third-order valence-corrected chi connectivity index (χ3v) is 2.83. The number of carbonyl (C=O) groups excluding carboxylic acids is 1. The van der Waals surface area contributed by atoms with Crippen molar-refractivity contribution < 1.29 is 4.79 Å². The van der Waals surface area contributed by atoms with Gasteiger partial charge in [0.2, 0.25) is 5.91 Å². The Kier molecular flexibility index (Phi) is 2.73. The SMILES string of the molecule is CCC1CC(=O)N(c2ccccc2C)N1. The first-order valence-electron chi connectivity index (χ1n) is 5.37. The molecule has 15 heavy (non-hydrogen) atoms. The van der Waals surface area contributed by atoms with Crippen LogP contribution in [0.25, 0.3) is 0 Å². The maximum Gasteiger partial charge on any atom is 0.243 e. The van der Waals surface area contributed by atoms with Crippen LogP contribution in [0.5, 0.6) is 0 Å². The number of aryl methyl sites for hydroxylation is 1. The van der Waals surface area contributed by atoms with Crippen LogP contribution in [0, 0.1) is 6.92 Å². The predicted molar refractivity (Wildman–Crippen MR) is 60.5 cm³/mol. The lowest BCUT2D eigenvalue weighted by Gasteiger charge is -2.19. The molecule has 1 amide bonds. The van der Waals surface area contributed by atoms with Crippen molar-refractivity contribution in [1.29, 1.82) is 0 Å². The lowest BCUT2D eigenvalue weighted by Crippen LogP contribution is -2.37. The third kappa shape index (κ3) is 1.88. The lowest BCUT2D eigenvalue weighted by atomic mass is 10.2. The van der Waals surface area contributed by atoms with E-state index in [1.54, 1.807) is 5.01 Å². The van der Waals surface area contributed by atoms with E-state index in [0.29, 0.717) is 6.42 Å². The van der Waals surface area contributed by atoms with Crippen molar-refractivity contribution in [2.45, 2.75) is 32.7 Å². The van der Waals surface area contributed by atoms with Crippen LogP contribution >= 0.6 is 0 Å². The Morgan fingerprint density at radius 2 is 2.20 bits per heavy atom. The van der Waals surface area contributed by atoms with Crippen molar-refractivity contribution in [2.24, 2.45) is 0 Å². The van der Waals surface area contributed by atoms with Gasteiger partial charge in [0.1, 0.15) is 0 Å². The highest BCUT2D eigenvalue weighted by atomic mass is 16.2. The summed E-state index contributed by atoms with van der Waals surface area (Å²) in [6, 6.07) is 8.21. The van der Waals surface area contributed by atoms with Gasteiger partial charge in [-0.1, -0.05) is 25.1 Å². The van der Waals surface area contributed by atoms with E-state index in [4.69, 9.17) is 0 Å². The summed E-state index contributed by atoms with van der Waals surface area (Å²) >= 11 is 0. The lowest BCUT2D eigenvalue weighted by molar-refractivity contribution is -0.117. The van der Waals surface area contributed by atoms with Crippen LogP contribution in [0.2, 0.25) is 0 Å². The average molecular weight is 204 g/mol. The second-order valence-electron chi connectivity index (χ2n) is 3.95. The number of hydrogen-bond donors (Lipinski definition) is 1. The van der Waals surface area contributed by atoms with E-state index in [-0.39, 0.29) is 11.9 Å². The molecule has 1 saturated heterocycles. The molecule has 80 valence electrons. The van der Waals surface area contributed by atoms with E-state index in [0.717, 1.165) is 17.7 Å². The minimum Gasteiger partial charge on any atom is -0.273 e. The maximum absolute atomic E-state index is 11.8. The molecule has 0 saturated carbocycles. The number of nitrogens with zero attached hydrogens (tertiary/aromatic N) is 1. The topological polar surface area (TPSA) is 32.3 Å². The summed E-state index contributed by atoms with van der Waals surface area (Å²) in [5, 5.41) is 1.68. The maximum atomic E-state index is 11.8. The Balaban J connectivity index is 2.25. The van der Waals surface area contributed by atoms with Gasteiger partial charge in [0, 0.05) is 12.5 Å². The monoisotopic (exact) mass is 204 g/mol. The van der Waals surface area contributed by atoms with Crippen molar-refractivity contribution in [3.8, 4) is 0 Å². The van der Waals surface area contributed by atoms with Gasteiger partial charge in [-0.2, -0.15) is 0 Å². The summed E-state index contributed by atoms with van der Waals surface area (Å²) in [6.07, 6.45) is 1.58. The summed E-state index contributed by atoms with van der Waals surface area (Å²) in [5.41, 5.74) is 5.32. The van der Waals surface area contributed by atoms with Crippen LogP contribution in [0.1, 0.15) is 25.3 Å². The van der Waals surface area contributed by atoms with E-state index in [1.165, 1.54) is 0 Å². The summed E-state index contributed by atoms with van der Waals surface area (Å²) < 4.78 is 0. The summed E-state index contributed by atoms with van der Waals surface area (Å²) in [4.78, 5) is 11.8. The number of amides is 1. The minimum absolute atomic E-state index is 0.163. The number of anilines is 1. The van der Waals surface area contributed by atoms with Crippen molar-refractivity contribution in [3.63, 3.8) is 0 Å². The molecule has 0 aliphatic carbocycles. The molecule has 3 heteroatoms. The number of benzene rings is 1. The van der Waals surface area contributed by atoms with Crippen LogP contribution < -0.4 is 10.4 Å². The Morgan fingerprint density at radius 1 is 1.47 bits per heavy atom. The molecule has 3 nitrogen and oxygen atoms in total. The molecule has 0 aromatic heterocycles. The number of carbonyl (C=O) groups is 1. The fourth-order valence-corrected chi connectivity index (χ4v) is 1.86. The molecule has 2 rings (SSSR count). The van der Waals surface area contributed by atoms with E-state index >= 15 is 0 Å². The molecule has 1 unspecified atom stereocenters. The van der Waals surface area contributed by atoms with Crippen LogP contribution in [0.15, 0.2) is 24.3 Å². The standard InChI is InChI=1S/C12H16N2O/c1-3-10-8-12(15)14(13-10)11-7-5-4-6-9(11)2/h4-7,10,13H,3,8H2,1-2H3. The number of rotatable bonds is 2. The van der Waals surface area contributed by atoms with Crippen LogP contribution in [-0.2, 0) is 4.79 Å². The Hall–Kier alpha value is -1.35. The molecule has 1 aliphatic heterocycles. The molecule has 1 N–H and O–H groups in total. The molecular formula is C12H16N2O. The van der Waals surface area contributed by atoms with Crippen LogP contribution in [0.3, 0.4) is 0 Å². The van der Waals surface area contributed by atoms with E-state index in [2.05, 4.69) is 12.3 Å². The molecule has 1 fully saturated rings. The molecule has 1 aliphatic rings. The van der Waals surface area contributed by atoms with Crippen molar-refractivity contribution in [3.05, 3.63) is 29.8 Å². The highest BCUT2D eigenvalue weighted by Crippen LogP contribution is 2.23. The second kappa shape index (κ2) is 4.03.